The Hall–Kier alpha value is 0.0906. The van der Waals surface area contributed by atoms with E-state index >= 15 is 0 Å². The molecular formula is C31H80N6O8Si3. The monoisotopic (exact) mass is 749 g/mol. The molecule has 0 saturated carbocycles. The molecule has 0 unspecified atom stereocenters. The van der Waals surface area contributed by atoms with Gasteiger partial charge < -0.3 is 68.6 Å². The molecular weight excluding hydrogens is 669 g/mol. The van der Waals surface area contributed by atoms with Gasteiger partial charge in [0.1, 0.15) is 0 Å². The zero-order valence-electron chi connectivity index (χ0n) is 32.7. The first kappa shape index (κ1) is 52.5. The van der Waals surface area contributed by atoms with Gasteiger partial charge in [0, 0.05) is 92.6 Å². The second-order valence-electron chi connectivity index (χ2n) is 11.2. The molecule has 9 N–H and O–H groups in total. The highest BCUT2D eigenvalue weighted by Gasteiger charge is 2.41. The molecule has 0 radical (unpaired) electrons. The summed E-state index contributed by atoms with van der Waals surface area (Å²) in [5.41, 5.74) is 16.4. The zero-order valence-corrected chi connectivity index (χ0v) is 35.8. The SMILES string of the molecule is CCO[SiH](CCCCNCCCN)OCC.CCO[Si](CC(C)C)(OCC)OCC.CO[Si](CCC(NCCN)NCCN)(OC)OC. The summed E-state index contributed by atoms with van der Waals surface area (Å²) >= 11 is 0. The van der Waals surface area contributed by atoms with Crippen LogP contribution in [0, 0.1) is 5.92 Å². The van der Waals surface area contributed by atoms with Crippen LogP contribution in [0.4, 0.5) is 0 Å². The van der Waals surface area contributed by atoms with Crippen LogP contribution < -0.4 is 33.2 Å². The second-order valence-corrected chi connectivity index (χ2v) is 19.0. The molecule has 0 aliphatic rings. The largest absolute Gasteiger partial charge is 0.501 e. The molecule has 0 aliphatic heterocycles. The Morgan fingerprint density at radius 3 is 1.46 bits per heavy atom. The fourth-order valence-electron chi connectivity index (χ4n) is 4.63. The maximum atomic E-state index is 5.72. The van der Waals surface area contributed by atoms with E-state index in [1.165, 1.54) is 12.8 Å². The van der Waals surface area contributed by atoms with Gasteiger partial charge in [-0.25, -0.2) is 0 Å². The van der Waals surface area contributed by atoms with Gasteiger partial charge in [-0.05, 0) is 85.5 Å². The molecule has 48 heavy (non-hydrogen) atoms. The lowest BCUT2D eigenvalue weighted by Gasteiger charge is -2.29. The van der Waals surface area contributed by atoms with Crippen LogP contribution >= 0.6 is 0 Å². The van der Waals surface area contributed by atoms with Gasteiger partial charge in [-0.3, -0.25) is 0 Å². The fraction of sp³-hybridized carbons (Fsp3) is 1.00. The molecule has 0 aromatic carbocycles. The van der Waals surface area contributed by atoms with E-state index < -0.39 is 26.9 Å². The topological polar surface area (TPSA) is 188 Å². The zero-order chi connectivity index (χ0) is 36.9. The third-order valence-corrected chi connectivity index (χ3v) is 15.4. The predicted molar refractivity (Wildman–Crippen MR) is 205 cm³/mol. The van der Waals surface area contributed by atoms with Gasteiger partial charge in [0.25, 0.3) is 0 Å². The predicted octanol–water partition coefficient (Wildman–Crippen LogP) is 2.37. The van der Waals surface area contributed by atoms with Crippen LogP contribution in [-0.2, 0) is 35.4 Å². The Morgan fingerprint density at radius 1 is 0.604 bits per heavy atom. The minimum atomic E-state index is -2.50. The van der Waals surface area contributed by atoms with Crippen molar-refractivity contribution in [3.05, 3.63) is 0 Å². The van der Waals surface area contributed by atoms with Crippen molar-refractivity contribution >= 4 is 26.9 Å². The third-order valence-electron chi connectivity index (χ3n) is 6.80. The molecule has 0 rings (SSSR count). The van der Waals surface area contributed by atoms with Crippen LogP contribution in [0.2, 0.25) is 18.1 Å². The number of hydrogen-bond acceptors (Lipinski definition) is 14. The van der Waals surface area contributed by atoms with Gasteiger partial charge >= 0.3 is 26.9 Å². The van der Waals surface area contributed by atoms with Crippen molar-refractivity contribution in [3.8, 4) is 0 Å². The van der Waals surface area contributed by atoms with E-state index in [0.29, 0.717) is 38.8 Å². The highest BCUT2D eigenvalue weighted by Crippen LogP contribution is 2.21. The van der Waals surface area contributed by atoms with E-state index in [9.17, 15) is 0 Å². The molecule has 0 bridgehead atoms. The molecule has 0 saturated heterocycles. The molecule has 0 heterocycles. The molecule has 294 valence electrons. The lowest BCUT2D eigenvalue weighted by Crippen LogP contribution is -2.49. The average Bonchev–Trinajstić information content (AvgIpc) is 3.07. The molecule has 0 aromatic rings. The summed E-state index contributed by atoms with van der Waals surface area (Å²) in [6.07, 6.45) is 4.45. The van der Waals surface area contributed by atoms with Crippen molar-refractivity contribution < 1.29 is 35.4 Å². The second kappa shape index (κ2) is 38.3. The minimum Gasteiger partial charge on any atom is -0.397 e. The first-order chi connectivity index (χ1) is 23.1. The maximum Gasteiger partial charge on any atom is 0.501 e. The quantitative estimate of drug-likeness (QED) is 0.0334. The summed E-state index contributed by atoms with van der Waals surface area (Å²) in [6, 6.07) is 2.76. The molecule has 17 heteroatoms. The standard InChI is InChI=1S/C11H28N2O2Si.C10H28N4O3Si.C10H24O3Si/c1-3-14-16(15-4-2)11-6-5-9-13-10-7-8-12;1-15-18(16-2,17-3)9-4-10(13-7-5-11)14-8-6-12;1-6-11-14(12-7-2,13-8-3)9-10(4)5/h13,16H,3-12H2,1-2H3;10,13-14H,4-9,11-12H2,1-3H3;10H,6-9H2,1-5H3. The normalized spacial score (nSPS) is 12.0. The van der Waals surface area contributed by atoms with Gasteiger partial charge in [0.2, 0.25) is 0 Å². The lowest BCUT2D eigenvalue weighted by molar-refractivity contribution is 0.0682. The van der Waals surface area contributed by atoms with E-state index in [1.807, 2.05) is 34.6 Å². The molecule has 14 nitrogen and oxygen atoms in total. The Balaban J connectivity index is -0.000000638. The summed E-state index contributed by atoms with van der Waals surface area (Å²) < 4.78 is 44.5. The Morgan fingerprint density at radius 2 is 1.08 bits per heavy atom. The molecule has 0 fully saturated rings. The van der Waals surface area contributed by atoms with Crippen molar-refractivity contribution in [2.24, 2.45) is 23.1 Å². The van der Waals surface area contributed by atoms with E-state index in [-0.39, 0.29) is 6.17 Å². The smallest absolute Gasteiger partial charge is 0.397 e. The summed E-state index contributed by atoms with van der Waals surface area (Å²) in [5, 5.41) is 10.0. The highest BCUT2D eigenvalue weighted by molar-refractivity contribution is 6.61. The van der Waals surface area contributed by atoms with Crippen LogP contribution in [0.25, 0.3) is 0 Å². The van der Waals surface area contributed by atoms with Gasteiger partial charge in [0.15, 0.2) is 0 Å². The van der Waals surface area contributed by atoms with Crippen LogP contribution in [0.3, 0.4) is 0 Å². The van der Waals surface area contributed by atoms with E-state index in [4.69, 9.17) is 52.6 Å². The first-order valence-electron chi connectivity index (χ1n) is 18.2. The van der Waals surface area contributed by atoms with Crippen molar-refractivity contribution in [1.82, 2.24) is 16.0 Å². The molecule has 0 atom stereocenters. The van der Waals surface area contributed by atoms with Crippen molar-refractivity contribution in [2.75, 3.05) is 100 Å². The van der Waals surface area contributed by atoms with Gasteiger partial charge in [-0.1, -0.05) is 20.3 Å². The fourth-order valence-corrected chi connectivity index (χ4v) is 11.1. The van der Waals surface area contributed by atoms with Crippen molar-refractivity contribution in [2.45, 2.75) is 98.4 Å². The van der Waals surface area contributed by atoms with Gasteiger partial charge in [-0.2, -0.15) is 0 Å². The Bertz CT molecular complexity index is 600. The molecule has 0 aliphatic carbocycles. The van der Waals surface area contributed by atoms with E-state index in [1.54, 1.807) is 21.3 Å². The van der Waals surface area contributed by atoms with E-state index in [0.717, 1.165) is 76.9 Å². The van der Waals surface area contributed by atoms with Crippen LogP contribution in [-0.4, -0.2) is 133 Å². The highest BCUT2D eigenvalue weighted by atomic mass is 28.4. The van der Waals surface area contributed by atoms with E-state index in [2.05, 4.69) is 29.8 Å². The number of nitrogens with two attached hydrogens (primary N) is 3. The maximum absolute atomic E-state index is 5.72. The summed E-state index contributed by atoms with van der Waals surface area (Å²) in [7, 11) is -1.35. The van der Waals surface area contributed by atoms with Crippen LogP contribution in [0.15, 0.2) is 0 Å². The summed E-state index contributed by atoms with van der Waals surface area (Å²) in [5.74, 6) is 0.548. The summed E-state index contributed by atoms with van der Waals surface area (Å²) in [6.45, 7) is 23.5. The van der Waals surface area contributed by atoms with Crippen molar-refractivity contribution in [3.63, 3.8) is 0 Å². The van der Waals surface area contributed by atoms with Crippen molar-refractivity contribution in [1.29, 1.82) is 0 Å². The molecule has 0 spiro atoms. The number of hydrogen-bond donors (Lipinski definition) is 6. The average molecular weight is 749 g/mol. The van der Waals surface area contributed by atoms with Crippen LogP contribution in [0.5, 0.6) is 0 Å². The number of nitrogens with one attached hydrogen (secondary N) is 3. The Labute approximate surface area is 299 Å². The lowest BCUT2D eigenvalue weighted by atomic mass is 10.3. The number of unbranched alkanes of at least 4 members (excludes halogenated alkanes) is 1. The number of rotatable bonds is 32. The van der Waals surface area contributed by atoms with Crippen LogP contribution in [0.1, 0.15) is 74.1 Å². The minimum absolute atomic E-state index is 0.143. The molecule has 0 amide bonds. The first-order valence-corrected chi connectivity index (χ1v) is 23.8. The van der Waals surface area contributed by atoms with Gasteiger partial charge in [0.05, 0.1) is 6.17 Å². The van der Waals surface area contributed by atoms with Gasteiger partial charge in [-0.15, -0.1) is 0 Å². The summed E-state index contributed by atoms with van der Waals surface area (Å²) in [4.78, 5) is 0. The molecule has 0 aromatic heterocycles. The third kappa shape index (κ3) is 30.9. The Kier molecular flexibility index (Phi) is 41.9.